The fraction of sp³-hybridized carbons (Fsp3) is 0.360. The lowest BCUT2D eigenvalue weighted by atomic mass is 10.0. The van der Waals surface area contributed by atoms with Crippen LogP contribution < -0.4 is 0 Å². The lowest BCUT2D eigenvalue weighted by Crippen LogP contribution is -2.36. The number of imidazole rings is 1. The van der Waals surface area contributed by atoms with E-state index < -0.39 is 17.9 Å². The van der Waals surface area contributed by atoms with Gasteiger partial charge in [-0.1, -0.05) is 56.2 Å². The average molecular weight is 436 g/mol. The highest BCUT2D eigenvalue weighted by molar-refractivity contribution is 6.31. The molecule has 0 radical (unpaired) electrons. The van der Waals surface area contributed by atoms with Gasteiger partial charge in [0.2, 0.25) is 0 Å². The normalized spacial score (nSPS) is 11.9. The predicted molar refractivity (Wildman–Crippen MR) is 123 cm³/mol. The molecule has 32 heavy (non-hydrogen) atoms. The third-order valence-corrected chi connectivity index (χ3v) is 5.77. The quantitative estimate of drug-likeness (QED) is 0.353. The number of likely N-dealkylation sites (N-methyl/N-ethyl adjacent to an activating group) is 1. The number of amides is 1. The van der Waals surface area contributed by atoms with Gasteiger partial charge in [-0.2, -0.15) is 0 Å². The van der Waals surface area contributed by atoms with E-state index in [9.17, 15) is 19.5 Å². The number of nitrogens with zero attached hydrogens (tertiary/aromatic N) is 2. The van der Waals surface area contributed by atoms with Crippen molar-refractivity contribution in [3.05, 3.63) is 54.5 Å². The van der Waals surface area contributed by atoms with Crippen LogP contribution >= 0.6 is 0 Å². The van der Waals surface area contributed by atoms with Crippen molar-refractivity contribution in [2.45, 2.75) is 51.5 Å². The van der Waals surface area contributed by atoms with E-state index in [2.05, 4.69) is 16.0 Å². The Labute approximate surface area is 187 Å². The Morgan fingerprint density at radius 3 is 2.53 bits per heavy atom. The predicted octanol–water partition coefficient (Wildman–Crippen LogP) is 4.74. The van der Waals surface area contributed by atoms with Gasteiger partial charge in [0.05, 0.1) is 17.9 Å². The van der Waals surface area contributed by atoms with Crippen molar-refractivity contribution in [2.24, 2.45) is 0 Å². The van der Waals surface area contributed by atoms with Gasteiger partial charge in [0.25, 0.3) is 0 Å². The van der Waals surface area contributed by atoms with Gasteiger partial charge >= 0.3 is 11.9 Å². The average Bonchev–Trinajstić information content (AvgIpc) is 3.29. The Balaban J connectivity index is 1.77. The summed E-state index contributed by atoms with van der Waals surface area (Å²) in [6, 6.07) is 13.7. The van der Waals surface area contributed by atoms with Crippen molar-refractivity contribution in [1.29, 1.82) is 0 Å². The maximum Gasteiger partial charge on any atom is 0.394 e. The number of rotatable bonds is 10. The molecule has 3 aromatic rings. The fourth-order valence-corrected chi connectivity index (χ4v) is 3.83. The Morgan fingerprint density at radius 1 is 1.06 bits per heavy atom. The molecule has 3 rings (SSSR count). The Morgan fingerprint density at radius 2 is 1.81 bits per heavy atom. The number of carboxylic acid groups (broad SMARTS) is 1. The molecule has 0 bridgehead atoms. The van der Waals surface area contributed by atoms with Crippen molar-refractivity contribution in [3.8, 4) is 11.3 Å². The molecule has 7 nitrogen and oxygen atoms in total. The molecule has 0 aliphatic carbocycles. The number of hydrogen-bond acceptors (Lipinski definition) is 4. The largest absolute Gasteiger partial charge is 0.474 e. The fourth-order valence-electron chi connectivity index (χ4n) is 3.83. The molecule has 2 aromatic carbocycles. The minimum atomic E-state index is -1.49. The first-order chi connectivity index (χ1) is 15.4. The second-order valence-electron chi connectivity index (χ2n) is 7.97. The highest BCUT2D eigenvalue weighted by Gasteiger charge is 2.28. The van der Waals surface area contributed by atoms with E-state index in [0.29, 0.717) is 25.1 Å². The Kier molecular flexibility index (Phi) is 7.76. The van der Waals surface area contributed by atoms with Gasteiger partial charge < -0.3 is 15.0 Å². The molecule has 0 aliphatic heterocycles. The first kappa shape index (κ1) is 23.2. The molecular formula is C25H29N3O4. The summed E-state index contributed by atoms with van der Waals surface area (Å²) in [5, 5.41) is 11.4. The number of H-pyrrole nitrogens is 1. The van der Waals surface area contributed by atoms with Gasteiger partial charge in [-0.05, 0) is 29.7 Å². The van der Waals surface area contributed by atoms with Crippen LogP contribution in [0.4, 0.5) is 0 Å². The molecule has 1 aromatic heterocycles. The zero-order valence-electron chi connectivity index (χ0n) is 18.5. The maximum absolute atomic E-state index is 12.1. The second-order valence-corrected chi connectivity index (χ2v) is 7.97. The third kappa shape index (κ3) is 5.60. The summed E-state index contributed by atoms with van der Waals surface area (Å²) in [7, 11) is 1.49. The van der Waals surface area contributed by atoms with Crippen molar-refractivity contribution < 1.29 is 19.5 Å². The number of nitrogens with one attached hydrogen (secondary N) is 1. The van der Waals surface area contributed by atoms with Crippen LogP contribution in [0.2, 0.25) is 0 Å². The first-order valence-corrected chi connectivity index (χ1v) is 11.0. The molecular weight excluding hydrogens is 406 g/mol. The van der Waals surface area contributed by atoms with E-state index in [1.807, 2.05) is 43.3 Å². The molecule has 0 fully saturated rings. The highest BCUT2D eigenvalue weighted by atomic mass is 16.4. The van der Waals surface area contributed by atoms with Crippen molar-refractivity contribution in [1.82, 2.24) is 14.9 Å². The maximum atomic E-state index is 12.1. The van der Waals surface area contributed by atoms with Crippen molar-refractivity contribution >= 4 is 28.4 Å². The molecule has 1 heterocycles. The molecule has 7 heteroatoms. The summed E-state index contributed by atoms with van der Waals surface area (Å²) in [5.74, 6) is -1.67. The topological polar surface area (TPSA) is 103 Å². The number of ketones is 1. The van der Waals surface area contributed by atoms with Crippen LogP contribution in [0.1, 0.15) is 57.3 Å². The summed E-state index contributed by atoms with van der Waals surface area (Å²) in [5.41, 5.74) is 1.77. The van der Waals surface area contributed by atoms with Crippen LogP contribution in [0.25, 0.3) is 22.0 Å². The number of aromatic amines is 1. The number of aromatic nitrogens is 2. The zero-order valence-corrected chi connectivity index (χ0v) is 18.5. The van der Waals surface area contributed by atoms with Gasteiger partial charge in [-0.25, -0.2) is 9.78 Å². The minimum absolute atomic E-state index is 0.241. The van der Waals surface area contributed by atoms with E-state index >= 15 is 0 Å². The van der Waals surface area contributed by atoms with E-state index in [4.69, 9.17) is 0 Å². The van der Waals surface area contributed by atoms with Gasteiger partial charge in [-0.15, -0.1) is 0 Å². The van der Waals surface area contributed by atoms with E-state index in [1.165, 1.54) is 11.9 Å². The van der Waals surface area contributed by atoms with E-state index in [-0.39, 0.29) is 5.78 Å². The minimum Gasteiger partial charge on any atom is -0.474 e. The van der Waals surface area contributed by atoms with Crippen molar-refractivity contribution in [3.63, 3.8) is 0 Å². The number of benzene rings is 2. The number of unbranched alkanes of at least 4 members (excludes halogenated alkanes) is 2. The van der Waals surface area contributed by atoms with Crippen LogP contribution in [-0.4, -0.2) is 44.7 Å². The first-order valence-electron chi connectivity index (χ1n) is 11.0. The lowest BCUT2D eigenvalue weighted by molar-refractivity contribution is -0.156. The van der Waals surface area contributed by atoms with Crippen LogP contribution in [0, 0.1) is 0 Å². The molecule has 168 valence electrons. The second kappa shape index (κ2) is 10.7. The van der Waals surface area contributed by atoms with E-state index in [1.54, 1.807) is 6.20 Å². The Hall–Kier alpha value is -3.48. The van der Waals surface area contributed by atoms with Gasteiger partial charge in [-0.3, -0.25) is 9.59 Å². The summed E-state index contributed by atoms with van der Waals surface area (Å²) >= 11 is 0. The van der Waals surface area contributed by atoms with Gasteiger partial charge in [0.1, 0.15) is 11.6 Å². The zero-order chi connectivity index (χ0) is 23.1. The Bertz CT molecular complexity index is 1110. The molecule has 0 spiro atoms. The SMILES string of the molecule is CCC(=O)CCCCC[C@@H](c1ncc(-c2ccc3ccccc3c2)[nH]1)N(C)C(=O)C(=O)O. The number of aliphatic carboxylic acids is 1. The number of carboxylic acids is 1. The molecule has 1 amide bonds. The smallest absolute Gasteiger partial charge is 0.394 e. The van der Waals surface area contributed by atoms with E-state index in [0.717, 1.165) is 41.3 Å². The van der Waals surface area contributed by atoms with Crippen LogP contribution in [-0.2, 0) is 14.4 Å². The molecule has 1 atom stereocenters. The third-order valence-electron chi connectivity index (χ3n) is 5.77. The summed E-state index contributed by atoms with van der Waals surface area (Å²) in [6.45, 7) is 1.86. The summed E-state index contributed by atoms with van der Waals surface area (Å²) < 4.78 is 0. The number of hydrogen-bond donors (Lipinski definition) is 2. The molecule has 0 unspecified atom stereocenters. The lowest BCUT2D eigenvalue weighted by Gasteiger charge is -2.25. The number of carbonyl (C=O) groups is 3. The van der Waals surface area contributed by atoms with Crippen LogP contribution in [0.5, 0.6) is 0 Å². The highest BCUT2D eigenvalue weighted by Crippen LogP contribution is 2.28. The number of Topliss-reactive ketones (excluding diaryl/α,β-unsaturated/α-hetero) is 1. The standard InChI is InChI=1S/C25H29N3O4/c1-3-20(29)11-5-4-6-12-22(28(2)24(30)25(31)32)23-26-16-21(27-23)19-14-13-17-9-7-8-10-18(17)15-19/h7-10,13-16,22H,3-6,11-12H2,1-2H3,(H,26,27)(H,31,32)/t22-/m0/s1. The van der Waals surface area contributed by atoms with Crippen molar-refractivity contribution in [2.75, 3.05) is 7.05 Å². The van der Waals surface area contributed by atoms with Crippen LogP contribution in [0.3, 0.4) is 0 Å². The summed E-state index contributed by atoms with van der Waals surface area (Å²) in [6.07, 6.45) is 5.74. The molecule has 2 N–H and O–H groups in total. The van der Waals surface area contributed by atoms with Gasteiger partial charge in [0, 0.05) is 25.5 Å². The number of carbonyl (C=O) groups excluding carboxylic acids is 2. The molecule has 0 saturated carbocycles. The monoisotopic (exact) mass is 435 g/mol. The van der Waals surface area contributed by atoms with Crippen LogP contribution in [0.15, 0.2) is 48.7 Å². The molecule has 0 aliphatic rings. The summed E-state index contributed by atoms with van der Waals surface area (Å²) in [4.78, 5) is 43.9. The van der Waals surface area contributed by atoms with Gasteiger partial charge in [0.15, 0.2) is 0 Å². The molecule has 0 saturated heterocycles. The number of fused-ring (bicyclic) bond motifs is 1.